The summed E-state index contributed by atoms with van der Waals surface area (Å²) in [5.41, 5.74) is 8.99. The first-order chi connectivity index (χ1) is 15.2. The highest BCUT2D eigenvalue weighted by molar-refractivity contribution is 5.92. The molecule has 1 aromatic carbocycles. The maximum absolute atomic E-state index is 12.8. The summed E-state index contributed by atoms with van der Waals surface area (Å²) in [6.45, 7) is 1.95. The fraction of sp³-hybridized carbons (Fsp3) is 0.318. The van der Waals surface area contributed by atoms with E-state index in [-0.39, 0.29) is 5.91 Å². The number of carbonyl (C=O) groups excluding carboxylic acids is 1. The SMILES string of the molecule is Nc1cccc2c1ccn2CC(=O)N1CCCC(c2cccnc2)C1.O=C(O)C(F)(F)F. The normalized spacial score (nSPS) is 16.3. The number of likely N-dealkylation sites (tertiary alicyclic amines) is 1. The summed E-state index contributed by atoms with van der Waals surface area (Å²) in [5.74, 6) is -2.22. The molecule has 2 aromatic heterocycles. The van der Waals surface area contributed by atoms with Gasteiger partial charge in [-0.15, -0.1) is 0 Å². The monoisotopic (exact) mass is 448 g/mol. The predicted octanol–water partition coefficient (Wildman–Crippen LogP) is 3.66. The summed E-state index contributed by atoms with van der Waals surface area (Å²) in [6.07, 6.45) is 2.71. The van der Waals surface area contributed by atoms with Gasteiger partial charge in [-0.3, -0.25) is 9.78 Å². The molecule has 3 N–H and O–H groups in total. The van der Waals surface area contributed by atoms with Crippen molar-refractivity contribution in [2.75, 3.05) is 18.8 Å². The number of aromatic nitrogens is 2. The number of hydrogen-bond donors (Lipinski definition) is 2. The number of benzene rings is 1. The number of halogens is 3. The number of hydrogen-bond acceptors (Lipinski definition) is 4. The summed E-state index contributed by atoms with van der Waals surface area (Å²) in [5, 5.41) is 8.13. The number of aliphatic carboxylic acids is 1. The number of alkyl halides is 3. The lowest BCUT2D eigenvalue weighted by Crippen LogP contribution is -2.40. The van der Waals surface area contributed by atoms with Crippen LogP contribution in [0.3, 0.4) is 0 Å². The summed E-state index contributed by atoms with van der Waals surface area (Å²) in [7, 11) is 0. The molecule has 10 heteroatoms. The molecular weight excluding hydrogens is 425 g/mol. The minimum Gasteiger partial charge on any atom is -0.475 e. The van der Waals surface area contributed by atoms with Crippen LogP contribution in [0, 0.1) is 0 Å². The van der Waals surface area contributed by atoms with Crippen LogP contribution in [0.15, 0.2) is 55.0 Å². The van der Waals surface area contributed by atoms with Crippen LogP contribution in [-0.4, -0.2) is 50.7 Å². The van der Waals surface area contributed by atoms with Gasteiger partial charge in [0.15, 0.2) is 0 Å². The fourth-order valence-corrected chi connectivity index (χ4v) is 3.72. The van der Waals surface area contributed by atoms with Gasteiger partial charge in [0.2, 0.25) is 5.91 Å². The molecule has 1 fully saturated rings. The minimum absolute atomic E-state index is 0.161. The van der Waals surface area contributed by atoms with Gasteiger partial charge >= 0.3 is 12.1 Å². The van der Waals surface area contributed by atoms with Gasteiger partial charge in [-0.1, -0.05) is 12.1 Å². The number of rotatable bonds is 3. The molecule has 3 heterocycles. The second-order valence-corrected chi connectivity index (χ2v) is 7.49. The van der Waals surface area contributed by atoms with Crippen molar-refractivity contribution < 1.29 is 27.9 Å². The molecule has 1 aliphatic heterocycles. The Morgan fingerprint density at radius 2 is 1.94 bits per heavy atom. The van der Waals surface area contributed by atoms with Crippen LogP contribution in [-0.2, 0) is 16.1 Å². The Hall–Kier alpha value is -3.56. The largest absolute Gasteiger partial charge is 0.490 e. The third-order valence-electron chi connectivity index (χ3n) is 5.33. The van der Waals surface area contributed by atoms with Gasteiger partial charge < -0.3 is 20.3 Å². The van der Waals surface area contributed by atoms with E-state index in [9.17, 15) is 18.0 Å². The molecule has 0 radical (unpaired) electrons. The third kappa shape index (κ3) is 5.57. The van der Waals surface area contributed by atoms with Gasteiger partial charge in [0.25, 0.3) is 0 Å². The average Bonchev–Trinajstić information content (AvgIpc) is 3.18. The van der Waals surface area contributed by atoms with E-state index in [2.05, 4.69) is 11.1 Å². The highest BCUT2D eigenvalue weighted by atomic mass is 19.4. The van der Waals surface area contributed by atoms with E-state index in [0.717, 1.165) is 42.5 Å². The maximum atomic E-state index is 12.8. The number of nitrogen functional groups attached to an aromatic ring is 1. The van der Waals surface area contributed by atoms with E-state index >= 15 is 0 Å². The molecule has 170 valence electrons. The van der Waals surface area contributed by atoms with E-state index in [4.69, 9.17) is 15.6 Å². The van der Waals surface area contributed by atoms with E-state index in [1.807, 2.05) is 52.2 Å². The van der Waals surface area contributed by atoms with Gasteiger partial charge in [0.05, 0.1) is 5.52 Å². The number of pyridine rings is 1. The molecule has 1 unspecified atom stereocenters. The fourth-order valence-electron chi connectivity index (χ4n) is 3.72. The van der Waals surface area contributed by atoms with Crippen molar-refractivity contribution in [3.63, 3.8) is 0 Å². The van der Waals surface area contributed by atoms with Crippen molar-refractivity contribution in [3.8, 4) is 0 Å². The lowest BCUT2D eigenvalue weighted by molar-refractivity contribution is -0.192. The number of piperidine rings is 1. The van der Waals surface area contributed by atoms with Crippen molar-refractivity contribution in [3.05, 3.63) is 60.6 Å². The van der Waals surface area contributed by atoms with Crippen molar-refractivity contribution in [1.29, 1.82) is 0 Å². The molecule has 0 saturated carbocycles. The van der Waals surface area contributed by atoms with Crippen molar-refractivity contribution >= 4 is 28.5 Å². The van der Waals surface area contributed by atoms with Gasteiger partial charge in [-0.25, -0.2) is 4.79 Å². The molecule has 4 rings (SSSR count). The Balaban J connectivity index is 0.000000360. The summed E-state index contributed by atoms with van der Waals surface area (Å²) in [4.78, 5) is 27.9. The molecule has 1 aliphatic rings. The Morgan fingerprint density at radius 1 is 1.19 bits per heavy atom. The third-order valence-corrected chi connectivity index (χ3v) is 5.33. The molecule has 1 saturated heterocycles. The van der Waals surface area contributed by atoms with Crippen LogP contribution in [0.5, 0.6) is 0 Å². The maximum Gasteiger partial charge on any atom is 0.490 e. The lowest BCUT2D eigenvalue weighted by Gasteiger charge is -2.33. The Kier molecular flexibility index (Phi) is 7.01. The molecule has 0 spiro atoms. The van der Waals surface area contributed by atoms with Crippen molar-refractivity contribution in [1.82, 2.24) is 14.5 Å². The highest BCUT2D eigenvalue weighted by Crippen LogP contribution is 2.27. The molecule has 0 bridgehead atoms. The van der Waals surface area contributed by atoms with Crippen LogP contribution in [0.4, 0.5) is 18.9 Å². The van der Waals surface area contributed by atoms with Crippen molar-refractivity contribution in [2.24, 2.45) is 0 Å². The number of nitrogens with two attached hydrogens (primary N) is 1. The van der Waals surface area contributed by atoms with Gasteiger partial charge in [0, 0.05) is 48.7 Å². The predicted molar refractivity (Wildman–Crippen MR) is 113 cm³/mol. The van der Waals surface area contributed by atoms with Gasteiger partial charge in [0.1, 0.15) is 6.54 Å². The standard InChI is InChI=1S/C20H22N4O.C2HF3O2/c21-18-6-1-7-19-17(18)8-11-23(19)14-20(25)24-10-3-5-16(13-24)15-4-2-9-22-12-15;3-2(4,5)1(6)7/h1-2,4,6-9,11-12,16H,3,5,10,13-14,21H2;(H,6,7). The highest BCUT2D eigenvalue weighted by Gasteiger charge is 2.38. The molecule has 7 nitrogen and oxygen atoms in total. The number of carbonyl (C=O) groups is 2. The molecule has 32 heavy (non-hydrogen) atoms. The second kappa shape index (κ2) is 9.71. The smallest absolute Gasteiger partial charge is 0.475 e. The Morgan fingerprint density at radius 3 is 2.59 bits per heavy atom. The van der Waals surface area contributed by atoms with Crippen LogP contribution in [0.1, 0.15) is 24.3 Å². The lowest BCUT2D eigenvalue weighted by atomic mass is 9.92. The number of carboxylic acids is 1. The first-order valence-electron chi connectivity index (χ1n) is 9.98. The van der Waals surface area contributed by atoms with Gasteiger partial charge in [-0.2, -0.15) is 13.2 Å². The van der Waals surface area contributed by atoms with E-state index < -0.39 is 12.1 Å². The van der Waals surface area contributed by atoms with Crippen LogP contribution in [0.2, 0.25) is 0 Å². The topological polar surface area (TPSA) is 101 Å². The van der Waals surface area contributed by atoms with Crippen LogP contribution < -0.4 is 5.73 Å². The zero-order valence-corrected chi connectivity index (χ0v) is 17.1. The summed E-state index contributed by atoms with van der Waals surface area (Å²) < 4.78 is 33.7. The zero-order chi connectivity index (χ0) is 23.3. The second-order valence-electron chi connectivity index (χ2n) is 7.49. The molecule has 1 atom stereocenters. The van der Waals surface area contributed by atoms with Crippen LogP contribution in [0.25, 0.3) is 10.9 Å². The molecule has 1 amide bonds. The van der Waals surface area contributed by atoms with Crippen molar-refractivity contribution in [2.45, 2.75) is 31.5 Å². The Bertz CT molecular complexity index is 1080. The van der Waals surface area contributed by atoms with Gasteiger partial charge in [-0.05, 0) is 42.7 Å². The van der Waals surface area contributed by atoms with Crippen LogP contribution >= 0.6 is 0 Å². The number of fused-ring (bicyclic) bond motifs is 1. The number of amides is 1. The molecule has 3 aromatic rings. The first kappa shape index (κ1) is 23.1. The number of nitrogens with zero attached hydrogens (tertiary/aromatic N) is 3. The number of carboxylic acid groups (broad SMARTS) is 1. The van der Waals surface area contributed by atoms with E-state index in [1.54, 1.807) is 6.20 Å². The molecule has 0 aliphatic carbocycles. The number of anilines is 1. The minimum atomic E-state index is -5.08. The quantitative estimate of drug-likeness (QED) is 0.596. The van der Waals surface area contributed by atoms with E-state index in [0.29, 0.717) is 12.5 Å². The average molecular weight is 448 g/mol. The van der Waals surface area contributed by atoms with E-state index in [1.165, 1.54) is 5.56 Å². The summed E-state index contributed by atoms with van der Waals surface area (Å²) >= 11 is 0. The zero-order valence-electron chi connectivity index (χ0n) is 17.1. The summed E-state index contributed by atoms with van der Waals surface area (Å²) in [6, 6.07) is 11.9. The molecular formula is C22H23F3N4O3. The first-order valence-corrected chi connectivity index (χ1v) is 9.98. The Labute approximate surface area is 182 Å².